The fourth-order valence-electron chi connectivity index (χ4n) is 2.82. The van der Waals surface area contributed by atoms with Crippen molar-refractivity contribution in [1.29, 1.82) is 0 Å². The molecule has 0 saturated carbocycles. The van der Waals surface area contributed by atoms with E-state index >= 15 is 0 Å². The minimum Gasteiger partial charge on any atom is -0.487 e. The molecule has 138 valence electrons. The molecule has 0 bridgehead atoms. The molecule has 4 rings (SSSR count). The maximum Gasteiger partial charge on any atom is 0.261 e. The van der Waals surface area contributed by atoms with Crippen molar-refractivity contribution in [1.82, 2.24) is 0 Å². The third-order valence-corrected chi connectivity index (χ3v) is 5.63. The van der Waals surface area contributed by atoms with E-state index in [1.807, 2.05) is 0 Å². The highest BCUT2D eigenvalue weighted by Gasteiger charge is 2.25. The lowest BCUT2D eigenvalue weighted by Crippen LogP contribution is -2.40. The molecule has 2 aliphatic rings. The fraction of sp³-hybridized carbons (Fsp3) is 0.294. The Morgan fingerprint density at radius 1 is 1.04 bits per heavy atom. The number of hydrogen-bond donors (Lipinski definition) is 2. The van der Waals surface area contributed by atoms with Crippen LogP contribution in [0.1, 0.15) is 0 Å². The highest BCUT2D eigenvalue weighted by Crippen LogP contribution is 2.36. The van der Waals surface area contributed by atoms with Crippen molar-refractivity contribution < 1.29 is 27.7 Å². The summed E-state index contributed by atoms with van der Waals surface area (Å²) in [4.78, 5) is 1.64. The van der Waals surface area contributed by atoms with Crippen molar-refractivity contribution in [2.75, 3.05) is 36.5 Å². The minimum atomic E-state index is -3.82. The minimum absolute atomic E-state index is 0.0655. The summed E-state index contributed by atoms with van der Waals surface area (Å²) >= 11 is 0. The van der Waals surface area contributed by atoms with Crippen LogP contribution in [0.15, 0.2) is 41.3 Å². The Morgan fingerprint density at radius 3 is 2.58 bits per heavy atom. The predicted octanol–water partition coefficient (Wildman–Crippen LogP) is 1.41. The Hall–Kier alpha value is -2.65. The molecule has 8 nitrogen and oxygen atoms in total. The quantitative estimate of drug-likeness (QED) is 0.833. The first kappa shape index (κ1) is 16.8. The summed E-state index contributed by atoms with van der Waals surface area (Å²) in [5.74, 6) is 1.61. The number of benzene rings is 2. The average Bonchev–Trinajstić information content (AvgIpc) is 2.64. The van der Waals surface area contributed by atoms with Gasteiger partial charge in [0.1, 0.15) is 25.6 Å². The third kappa shape index (κ3) is 2.99. The van der Waals surface area contributed by atoms with Gasteiger partial charge in [0.25, 0.3) is 10.0 Å². The SMILES string of the molecule is CN1c2cc(S(=O)(=O)Nc3ccc4c(c3)OCCO4)ccc2OCC1O. The zero-order valence-corrected chi connectivity index (χ0v) is 14.8. The molecule has 26 heavy (non-hydrogen) atoms. The summed E-state index contributed by atoms with van der Waals surface area (Å²) < 4.78 is 44.3. The Labute approximate surface area is 151 Å². The molecule has 2 aliphatic heterocycles. The van der Waals surface area contributed by atoms with Crippen molar-refractivity contribution in [2.45, 2.75) is 11.1 Å². The summed E-state index contributed by atoms with van der Waals surface area (Å²) in [5, 5.41) is 9.88. The van der Waals surface area contributed by atoms with Gasteiger partial charge in [0.05, 0.1) is 16.3 Å². The molecule has 0 aromatic heterocycles. The second-order valence-corrected chi connectivity index (χ2v) is 7.68. The maximum absolute atomic E-state index is 12.7. The highest BCUT2D eigenvalue weighted by molar-refractivity contribution is 7.92. The number of hydrogen-bond acceptors (Lipinski definition) is 7. The molecule has 0 fully saturated rings. The molecule has 1 atom stereocenters. The Balaban J connectivity index is 1.63. The number of aliphatic hydroxyl groups is 1. The largest absolute Gasteiger partial charge is 0.487 e. The molecular formula is C17H18N2O6S. The monoisotopic (exact) mass is 378 g/mol. The maximum atomic E-state index is 12.7. The van der Waals surface area contributed by atoms with Crippen LogP contribution in [0.25, 0.3) is 0 Å². The van der Waals surface area contributed by atoms with Crippen LogP contribution in [0.4, 0.5) is 11.4 Å². The van der Waals surface area contributed by atoms with E-state index in [-0.39, 0.29) is 11.5 Å². The predicted molar refractivity (Wildman–Crippen MR) is 94.6 cm³/mol. The summed E-state index contributed by atoms with van der Waals surface area (Å²) in [7, 11) is -2.15. The van der Waals surface area contributed by atoms with Crippen LogP contribution in [-0.2, 0) is 10.0 Å². The van der Waals surface area contributed by atoms with Crippen LogP contribution in [-0.4, -0.2) is 46.6 Å². The van der Waals surface area contributed by atoms with Gasteiger partial charge in [-0.05, 0) is 30.3 Å². The van der Waals surface area contributed by atoms with Gasteiger partial charge in [-0.3, -0.25) is 4.72 Å². The van der Waals surface area contributed by atoms with Crippen LogP contribution >= 0.6 is 0 Å². The summed E-state index contributed by atoms with van der Waals surface area (Å²) in [5.41, 5.74) is 0.880. The number of anilines is 2. The summed E-state index contributed by atoms with van der Waals surface area (Å²) in [6.07, 6.45) is -0.828. The van der Waals surface area contributed by atoms with Crippen LogP contribution in [0.5, 0.6) is 17.2 Å². The molecule has 0 radical (unpaired) electrons. The van der Waals surface area contributed by atoms with E-state index < -0.39 is 16.3 Å². The van der Waals surface area contributed by atoms with Crippen molar-refractivity contribution in [2.24, 2.45) is 0 Å². The van der Waals surface area contributed by atoms with Gasteiger partial charge in [0.2, 0.25) is 0 Å². The molecule has 0 aliphatic carbocycles. The van der Waals surface area contributed by atoms with Gasteiger partial charge in [-0.25, -0.2) is 8.42 Å². The van der Waals surface area contributed by atoms with Gasteiger partial charge >= 0.3 is 0 Å². The smallest absolute Gasteiger partial charge is 0.261 e. The van der Waals surface area contributed by atoms with Gasteiger partial charge in [-0.1, -0.05) is 0 Å². The molecular weight excluding hydrogens is 360 g/mol. The van der Waals surface area contributed by atoms with E-state index in [1.165, 1.54) is 12.1 Å². The number of nitrogens with one attached hydrogen (secondary N) is 1. The molecule has 1 unspecified atom stereocenters. The lowest BCUT2D eigenvalue weighted by molar-refractivity contribution is 0.0955. The fourth-order valence-corrected chi connectivity index (χ4v) is 3.89. The number of aliphatic hydroxyl groups excluding tert-OH is 1. The summed E-state index contributed by atoms with van der Waals surface area (Å²) in [6.45, 7) is 1.02. The second kappa shape index (κ2) is 6.26. The lowest BCUT2D eigenvalue weighted by atomic mass is 10.2. The second-order valence-electron chi connectivity index (χ2n) is 6.00. The Bertz CT molecular complexity index is 946. The van der Waals surface area contributed by atoms with Crippen molar-refractivity contribution in [3.05, 3.63) is 36.4 Å². The van der Waals surface area contributed by atoms with Gasteiger partial charge in [0, 0.05) is 13.1 Å². The van der Waals surface area contributed by atoms with E-state index in [0.717, 1.165) is 0 Å². The number of sulfonamides is 1. The van der Waals surface area contributed by atoms with Crippen LogP contribution in [0.3, 0.4) is 0 Å². The number of ether oxygens (including phenoxy) is 3. The normalized spacial score (nSPS) is 18.7. The Kier molecular flexibility index (Phi) is 4.04. The summed E-state index contributed by atoms with van der Waals surface area (Å²) in [6, 6.07) is 9.38. The number of likely N-dealkylation sites (N-methyl/N-ethyl adjacent to an activating group) is 1. The number of fused-ring (bicyclic) bond motifs is 2. The average molecular weight is 378 g/mol. The molecule has 0 spiro atoms. The van der Waals surface area contributed by atoms with Crippen molar-refractivity contribution >= 4 is 21.4 Å². The molecule has 0 amide bonds. The Morgan fingerprint density at radius 2 is 1.77 bits per heavy atom. The van der Waals surface area contributed by atoms with Crippen molar-refractivity contribution in [3.8, 4) is 17.2 Å². The molecule has 2 heterocycles. The van der Waals surface area contributed by atoms with E-state index in [2.05, 4.69) is 4.72 Å². The van der Waals surface area contributed by atoms with E-state index in [0.29, 0.717) is 41.8 Å². The van der Waals surface area contributed by atoms with E-state index in [4.69, 9.17) is 14.2 Å². The van der Waals surface area contributed by atoms with Gasteiger partial charge in [0.15, 0.2) is 17.7 Å². The first-order chi connectivity index (χ1) is 12.4. The third-order valence-electron chi connectivity index (χ3n) is 4.25. The molecule has 0 saturated heterocycles. The van der Waals surface area contributed by atoms with Crippen LogP contribution < -0.4 is 23.8 Å². The first-order valence-corrected chi connectivity index (χ1v) is 9.52. The van der Waals surface area contributed by atoms with Gasteiger partial charge in [-0.2, -0.15) is 0 Å². The topological polar surface area (TPSA) is 97.3 Å². The molecule has 9 heteroatoms. The van der Waals surface area contributed by atoms with Crippen LogP contribution in [0.2, 0.25) is 0 Å². The van der Waals surface area contributed by atoms with Crippen molar-refractivity contribution in [3.63, 3.8) is 0 Å². The van der Waals surface area contributed by atoms with Gasteiger partial charge < -0.3 is 24.2 Å². The highest BCUT2D eigenvalue weighted by atomic mass is 32.2. The standard InChI is InChI=1S/C17H18N2O6S/c1-19-13-9-12(3-5-14(13)25-10-17(19)20)26(21,22)18-11-2-4-15-16(8-11)24-7-6-23-15/h2-5,8-9,17-18,20H,6-7,10H2,1H3. The molecule has 2 N–H and O–H groups in total. The van der Waals surface area contributed by atoms with Gasteiger partial charge in [-0.15, -0.1) is 0 Å². The number of nitrogens with zero attached hydrogens (tertiary/aromatic N) is 1. The molecule has 2 aromatic rings. The van der Waals surface area contributed by atoms with Crippen LogP contribution in [0, 0.1) is 0 Å². The van der Waals surface area contributed by atoms with E-state index in [1.54, 1.807) is 36.2 Å². The molecule has 2 aromatic carbocycles. The first-order valence-electron chi connectivity index (χ1n) is 8.04. The lowest BCUT2D eigenvalue weighted by Gasteiger charge is -2.32. The zero-order valence-electron chi connectivity index (χ0n) is 14.0. The number of rotatable bonds is 3. The van der Waals surface area contributed by atoms with E-state index in [9.17, 15) is 13.5 Å². The zero-order chi connectivity index (χ0) is 18.3.